The normalized spacial score (nSPS) is 13.7. The quantitative estimate of drug-likeness (QED) is 0.248. The molecule has 0 fully saturated rings. The van der Waals surface area contributed by atoms with Crippen LogP contribution >= 0.6 is 11.6 Å². The predicted octanol–water partition coefficient (Wildman–Crippen LogP) is 7.05. The number of halogens is 4. The minimum atomic E-state index is -4.99. The van der Waals surface area contributed by atoms with Crippen LogP contribution in [-0.4, -0.2) is 24.8 Å². The summed E-state index contributed by atoms with van der Waals surface area (Å²) in [6.07, 6.45) is -4.31. The van der Waals surface area contributed by atoms with Crippen LogP contribution in [0.15, 0.2) is 69.9 Å². The van der Waals surface area contributed by atoms with Gasteiger partial charge in [0.1, 0.15) is 18.1 Å². The smallest absolute Gasteiger partial charge is 0.453 e. The van der Waals surface area contributed by atoms with E-state index in [0.717, 1.165) is 5.56 Å². The average molecular weight is 546 g/mol. The molecule has 0 bridgehead atoms. The van der Waals surface area contributed by atoms with Crippen LogP contribution in [0.4, 0.5) is 13.2 Å². The summed E-state index contributed by atoms with van der Waals surface area (Å²) in [7, 11) is 0. The van der Waals surface area contributed by atoms with E-state index < -0.39 is 23.1 Å². The molecule has 10 heteroatoms. The van der Waals surface area contributed by atoms with Crippen molar-refractivity contribution in [2.24, 2.45) is 0 Å². The topological polar surface area (TPSA) is 61.1 Å². The van der Waals surface area contributed by atoms with Gasteiger partial charge in [0.2, 0.25) is 11.2 Å². The molecule has 1 aromatic heterocycles. The molecule has 0 radical (unpaired) electrons. The van der Waals surface area contributed by atoms with Gasteiger partial charge in [0.25, 0.3) is 5.76 Å². The van der Waals surface area contributed by atoms with Gasteiger partial charge in [-0.1, -0.05) is 35.9 Å². The van der Waals surface area contributed by atoms with Crippen LogP contribution in [0.3, 0.4) is 0 Å². The van der Waals surface area contributed by atoms with Crippen molar-refractivity contribution in [1.29, 1.82) is 0 Å². The van der Waals surface area contributed by atoms with Crippen LogP contribution in [-0.2, 0) is 19.1 Å². The number of nitrogens with zero attached hydrogens (tertiary/aromatic N) is 1. The van der Waals surface area contributed by atoms with Gasteiger partial charge in [0, 0.05) is 18.1 Å². The average Bonchev–Trinajstić information content (AvgIpc) is 2.90. The Morgan fingerprint density at radius 2 is 1.76 bits per heavy atom. The molecule has 0 saturated carbocycles. The Bertz CT molecular complexity index is 1520. The van der Waals surface area contributed by atoms with Crippen molar-refractivity contribution in [2.75, 3.05) is 19.9 Å². The zero-order valence-corrected chi connectivity index (χ0v) is 21.1. The van der Waals surface area contributed by atoms with Gasteiger partial charge in [-0.15, -0.1) is 0 Å². The number of hydrogen-bond acceptors (Lipinski definition) is 6. The summed E-state index contributed by atoms with van der Waals surface area (Å²) in [4.78, 5) is 15.3. The van der Waals surface area contributed by atoms with Gasteiger partial charge in [-0.3, -0.25) is 9.69 Å². The first-order valence-electron chi connectivity index (χ1n) is 11.9. The highest BCUT2D eigenvalue weighted by molar-refractivity contribution is 6.30. The van der Waals surface area contributed by atoms with E-state index in [4.69, 9.17) is 30.2 Å². The lowest BCUT2D eigenvalue weighted by Gasteiger charge is -2.29. The van der Waals surface area contributed by atoms with Crippen molar-refractivity contribution in [2.45, 2.75) is 26.1 Å². The summed E-state index contributed by atoms with van der Waals surface area (Å²) in [5.41, 5.74) is 0.305. The molecule has 0 unspecified atom stereocenters. The molecule has 0 spiro atoms. The molecule has 5 rings (SSSR count). The minimum Gasteiger partial charge on any atom is -0.490 e. The van der Waals surface area contributed by atoms with Crippen LogP contribution in [0.5, 0.6) is 23.0 Å². The summed E-state index contributed by atoms with van der Waals surface area (Å²) in [6, 6.07) is 16.6. The highest BCUT2D eigenvalue weighted by Crippen LogP contribution is 2.42. The number of alkyl halides is 3. The zero-order chi connectivity index (χ0) is 26.9. The largest absolute Gasteiger partial charge is 0.490 e. The molecule has 6 nitrogen and oxygen atoms in total. The van der Waals surface area contributed by atoms with Crippen LogP contribution < -0.4 is 19.6 Å². The second-order valence-electron chi connectivity index (χ2n) is 8.69. The number of benzene rings is 3. The Balaban J connectivity index is 1.52. The third-order valence-corrected chi connectivity index (χ3v) is 6.36. The van der Waals surface area contributed by atoms with E-state index in [2.05, 4.69) is 0 Å². The standard InChI is InChI=1S/C28H23ClF3NO5/c1-2-35-22-5-3-4-6-23(22)37-26-24(34)19-11-12-21-20(25(19)38-27(26)28(30,31)32)15-33(16-36-21)14-13-17-7-9-18(29)10-8-17/h3-12H,2,13-16H2,1H3. The van der Waals surface area contributed by atoms with Gasteiger partial charge in [0.05, 0.1) is 17.6 Å². The summed E-state index contributed by atoms with van der Waals surface area (Å²) in [5.74, 6) is -1.92. The van der Waals surface area contributed by atoms with E-state index in [1.54, 1.807) is 43.3 Å². The second kappa shape index (κ2) is 10.6. The first kappa shape index (κ1) is 25.9. The molecule has 0 N–H and O–H groups in total. The Morgan fingerprint density at radius 1 is 1.03 bits per heavy atom. The van der Waals surface area contributed by atoms with E-state index in [1.807, 2.05) is 17.0 Å². The molecule has 0 amide bonds. The molecular weight excluding hydrogens is 523 g/mol. The third kappa shape index (κ3) is 5.30. The maximum absolute atomic E-state index is 14.2. The molecule has 1 aliphatic heterocycles. The number of ether oxygens (including phenoxy) is 3. The highest BCUT2D eigenvalue weighted by atomic mass is 35.5. The van der Waals surface area contributed by atoms with Crippen LogP contribution in [0, 0.1) is 0 Å². The number of rotatable bonds is 7. The molecule has 0 saturated heterocycles. The van der Waals surface area contributed by atoms with E-state index in [0.29, 0.717) is 29.3 Å². The molecule has 1 aliphatic rings. The monoisotopic (exact) mass is 545 g/mol. The molecule has 2 heterocycles. The van der Waals surface area contributed by atoms with E-state index in [1.165, 1.54) is 12.1 Å². The Morgan fingerprint density at radius 3 is 2.47 bits per heavy atom. The molecule has 0 atom stereocenters. The van der Waals surface area contributed by atoms with Gasteiger partial charge >= 0.3 is 6.18 Å². The highest BCUT2D eigenvalue weighted by Gasteiger charge is 2.41. The third-order valence-electron chi connectivity index (χ3n) is 6.11. The predicted molar refractivity (Wildman–Crippen MR) is 136 cm³/mol. The van der Waals surface area contributed by atoms with Gasteiger partial charge < -0.3 is 18.6 Å². The second-order valence-corrected chi connectivity index (χ2v) is 9.13. The van der Waals surface area contributed by atoms with E-state index >= 15 is 0 Å². The molecule has 198 valence electrons. The Hall–Kier alpha value is -3.69. The van der Waals surface area contributed by atoms with Gasteiger partial charge in [-0.25, -0.2) is 0 Å². The fraction of sp³-hybridized carbons (Fsp3) is 0.250. The van der Waals surface area contributed by atoms with Crippen LogP contribution in [0.1, 0.15) is 23.8 Å². The van der Waals surface area contributed by atoms with Crippen molar-refractivity contribution >= 4 is 22.6 Å². The zero-order valence-electron chi connectivity index (χ0n) is 20.3. The van der Waals surface area contributed by atoms with Gasteiger partial charge in [-0.05, 0) is 55.3 Å². The maximum Gasteiger partial charge on any atom is 0.453 e. The first-order chi connectivity index (χ1) is 18.2. The van der Waals surface area contributed by atoms with E-state index in [-0.39, 0.29) is 42.4 Å². The van der Waals surface area contributed by atoms with Crippen LogP contribution in [0.2, 0.25) is 5.02 Å². The maximum atomic E-state index is 14.2. The lowest BCUT2D eigenvalue weighted by molar-refractivity contribution is -0.154. The number of para-hydroxylation sites is 2. The number of hydrogen-bond donors (Lipinski definition) is 0. The molecule has 38 heavy (non-hydrogen) atoms. The summed E-state index contributed by atoms with van der Waals surface area (Å²) < 4.78 is 64.7. The number of fused-ring (bicyclic) bond motifs is 3. The van der Waals surface area contributed by atoms with Crippen molar-refractivity contribution < 1.29 is 31.8 Å². The fourth-order valence-electron chi connectivity index (χ4n) is 4.27. The molecule has 3 aromatic carbocycles. The summed E-state index contributed by atoms with van der Waals surface area (Å²) in [5, 5.41) is 0.597. The lowest BCUT2D eigenvalue weighted by Crippen LogP contribution is -2.34. The lowest BCUT2D eigenvalue weighted by atomic mass is 10.1. The van der Waals surface area contributed by atoms with Gasteiger partial charge in [-0.2, -0.15) is 13.2 Å². The van der Waals surface area contributed by atoms with Crippen molar-refractivity contribution in [3.05, 3.63) is 92.8 Å². The Labute approximate surface area is 221 Å². The van der Waals surface area contributed by atoms with Crippen LogP contribution in [0.25, 0.3) is 11.0 Å². The van der Waals surface area contributed by atoms with Crippen molar-refractivity contribution in [3.63, 3.8) is 0 Å². The first-order valence-corrected chi connectivity index (χ1v) is 12.3. The van der Waals surface area contributed by atoms with Crippen molar-refractivity contribution in [1.82, 2.24) is 4.90 Å². The molecular formula is C28H23ClF3NO5. The SMILES string of the molecule is CCOc1ccccc1Oc1c(C(F)(F)F)oc2c3c(ccc2c1=O)OCN(CCc1ccc(Cl)cc1)C3. The van der Waals surface area contributed by atoms with Gasteiger partial charge in [0.15, 0.2) is 11.5 Å². The summed E-state index contributed by atoms with van der Waals surface area (Å²) >= 11 is 5.95. The Kier molecular flexibility index (Phi) is 7.23. The minimum absolute atomic E-state index is 0.0267. The molecule has 0 aliphatic carbocycles. The van der Waals surface area contributed by atoms with Crippen molar-refractivity contribution in [3.8, 4) is 23.0 Å². The summed E-state index contributed by atoms with van der Waals surface area (Å²) in [6.45, 7) is 3.06. The molecule has 4 aromatic rings. The fourth-order valence-corrected chi connectivity index (χ4v) is 4.40. The van der Waals surface area contributed by atoms with E-state index in [9.17, 15) is 18.0 Å².